The second-order valence-electron chi connectivity index (χ2n) is 7.20. The number of nitrogens with two attached hydrogens (primary N) is 1. The number of hydrogen-bond acceptors (Lipinski definition) is 5. The third kappa shape index (κ3) is 3.85. The van der Waals surface area contributed by atoms with Crippen LogP contribution in [0.1, 0.15) is 19.4 Å². The molecule has 26 heavy (non-hydrogen) atoms. The van der Waals surface area contributed by atoms with Crippen molar-refractivity contribution < 1.29 is 14.3 Å². The molecule has 6 heteroatoms. The highest BCUT2D eigenvalue weighted by atomic mass is 16.5. The number of carbonyl (C=O) groups is 1. The van der Waals surface area contributed by atoms with E-state index in [9.17, 15) is 4.79 Å². The number of ether oxygens (including phenoxy) is 2. The van der Waals surface area contributed by atoms with Gasteiger partial charge in [0.1, 0.15) is 17.1 Å². The minimum Gasteiger partial charge on any atom is -0.495 e. The fraction of sp³-hybridized carbons (Fsp3) is 0.350. The van der Waals surface area contributed by atoms with Crippen LogP contribution in [0.25, 0.3) is 0 Å². The van der Waals surface area contributed by atoms with Gasteiger partial charge in [0.25, 0.3) is 0 Å². The largest absolute Gasteiger partial charge is 0.495 e. The molecule has 138 valence electrons. The van der Waals surface area contributed by atoms with Crippen molar-refractivity contribution in [1.29, 1.82) is 0 Å². The van der Waals surface area contributed by atoms with E-state index in [2.05, 4.69) is 5.32 Å². The smallest absolute Gasteiger partial charge is 0.243 e. The van der Waals surface area contributed by atoms with Gasteiger partial charge in [-0.25, -0.2) is 0 Å². The summed E-state index contributed by atoms with van der Waals surface area (Å²) in [6, 6.07) is 11.2. The molecule has 1 amide bonds. The number of methoxy groups -OCH3 is 1. The van der Waals surface area contributed by atoms with E-state index in [0.717, 1.165) is 17.0 Å². The predicted molar refractivity (Wildman–Crippen MR) is 104 cm³/mol. The van der Waals surface area contributed by atoms with Crippen molar-refractivity contribution in [2.24, 2.45) is 0 Å². The van der Waals surface area contributed by atoms with Gasteiger partial charge in [0, 0.05) is 5.69 Å². The van der Waals surface area contributed by atoms with E-state index < -0.39 is 5.60 Å². The van der Waals surface area contributed by atoms with Crippen LogP contribution in [-0.4, -0.2) is 31.7 Å². The number of aryl methyl sites for hydroxylation is 1. The zero-order valence-electron chi connectivity index (χ0n) is 15.6. The van der Waals surface area contributed by atoms with Gasteiger partial charge in [-0.2, -0.15) is 0 Å². The minimum atomic E-state index is -0.398. The molecule has 0 bridgehead atoms. The number of rotatable bonds is 4. The Morgan fingerprint density at radius 2 is 2.08 bits per heavy atom. The van der Waals surface area contributed by atoms with E-state index in [-0.39, 0.29) is 12.5 Å². The first-order valence-corrected chi connectivity index (χ1v) is 8.55. The summed E-state index contributed by atoms with van der Waals surface area (Å²) >= 11 is 0. The average molecular weight is 355 g/mol. The molecule has 0 radical (unpaired) electrons. The molecule has 0 spiro atoms. The molecular formula is C20H25N3O3. The van der Waals surface area contributed by atoms with E-state index in [1.165, 1.54) is 0 Å². The molecular weight excluding hydrogens is 330 g/mol. The quantitative estimate of drug-likeness (QED) is 0.824. The number of amides is 1. The fourth-order valence-corrected chi connectivity index (χ4v) is 3.17. The van der Waals surface area contributed by atoms with Crippen molar-refractivity contribution in [3.8, 4) is 11.5 Å². The Morgan fingerprint density at radius 3 is 2.81 bits per heavy atom. The van der Waals surface area contributed by atoms with Gasteiger partial charge in [-0.05, 0) is 56.7 Å². The lowest BCUT2D eigenvalue weighted by atomic mass is 10.0. The van der Waals surface area contributed by atoms with Crippen molar-refractivity contribution in [3.63, 3.8) is 0 Å². The zero-order chi connectivity index (χ0) is 18.9. The van der Waals surface area contributed by atoms with Gasteiger partial charge in [-0.3, -0.25) is 4.79 Å². The van der Waals surface area contributed by atoms with Crippen LogP contribution in [0, 0.1) is 6.92 Å². The summed E-state index contributed by atoms with van der Waals surface area (Å²) in [6.07, 6.45) is 0. The second-order valence-corrected chi connectivity index (χ2v) is 7.20. The Morgan fingerprint density at radius 1 is 1.31 bits per heavy atom. The van der Waals surface area contributed by atoms with Crippen LogP contribution in [-0.2, 0) is 4.79 Å². The van der Waals surface area contributed by atoms with Crippen molar-refractivity contribution in [2.45, 2.75) is 26.4 Å². The van der Waals surface area contributed by atoms with Crippen molar-refractivity contribution in [1.82, 2.24) is 0 Å². The first-order chi connectivity index (χ1) is 12.3. The molecule has 0 atom stereocenters. The van der Waals surface area contributed by atoms with Gasteiger partial charge in [-0.1, -0.05) is 6.07 Å². The zero-order valence-corrected chi connectivity index (χ0v) is 15.6. The molecule has 3 N–H and O–H groups in total. The SMILES string of the molecule is COc1ccc(C)cc1NC(=O)CN1CC(C)(C)Oc2ccc(N)cc21. The van der Waals surface area contributed by atoms with Gasteiger partial charge < -0.3 is 25.4 Å². The summed E-state index contributed by atoms with van der Waals surface area (Å²) in [5.74, 6) is 1.24. The molecule has 1 aliphatic rings. The third-order valence-corrected chi connectivity index (χ3v) is 4.25. The van der Waals surface area contributed by atoms with Crippen LogP contribution in [0.2, 0.25) is 0 Å². The molecule has 0 aromatic heterocycles. The molecule has 0 unspecified atom stereocenters. The molecule has 0 saturated heterocycles. The molecule has 2 aromatic rings. The molecule has 2 aromatic carbocycles. The molecule has 0 aliphatic carbocycles. The second kappa shape index (κ2) is 6.78. The van der Waals surface area contributed by atoms with Crippen molar-refractivity contribution >= 4 is 23.0 Å². The maximum atomic E-state index is 12.7. The molecule has 0 saturated carbocycles. The standard InChI is InChI=1S/C20H25N3O3/c1-13-5-7-17(25-4)15(9-13)22-19(24)11-23-12-20(2,3)26-18-8-6-14(21)10-16(18)23/h5-10H,11-12,21H2,1-4H3,(H,22,24). The predicted octanol–water partition coefficient (Wildman–Crippen LogP) is 3.20. The maximum Gasteiger partial charge on any atom is 0.243 e. The van der Waals surface area contributed by atoms with E-state index >= 15 is 0 Å². The van der Waals surface area contributed by atoms with Crippen molar-refractivity contribution in [2.75, 3.05) is 36.1 Å². The van der Waals surface area contributed by atoms with Crippen LogP contribution >= 0.6 is 0 Å². The highest BCUT2D eigenvalue weighted by Gasteiger charge is 2.32. The number of nitrogens with zero attached hydrogens (tertiary/aromatic N) is 1. The Bertz CT molecular complexity index is 833. The van der Waals surface area contributed by atoms with Crippen LogP contribution in [0.4, 0.5) is 17.1 Å². The van der Waals surface area contributed by atoms with E-state index in [1.807, 2.05) is 56.0 Å². The normalized spacial score (nSPS) is 15.0. The van der Waals surface area contributed by atoms with E-state index in [0.29, 0.717) is 23.7 Å². The summed E-state index contributed by atoms with van der Waals surface area (Å²) in [5, 5.41) is 2.94. The van der Waals surface area contributed by atoms with Gasteiger partial charge in [0.05, 0.1) is 31.6 Å². The number of nitrogens with one attached hydrogen (secondary N) is 1. The van der Waals surface area contributed by atoms with E-state index in [1.54, 1.807) is 13.2 Å². The maximum absolute atomic E-state index is 12.7. The lowest BCUT2D eigenvalue weighted by Gasteiger charge is -2.40. The fourth-order valence-electron chi connectivity index (χ4n) is 3.17. The van der Waals surface area contributed by atoms with Crippen LogP contribution in [0.5, 0.6) is 11.5 Å². The first kappa shape index (κ1) is 17.9. The summed E-state index contributed by atoms with van der Waals surface area (Å²) in [4.78, 5) is 14.7. The lowest BCUT2D eigenvalue weighted by Crippen LogP contribution is -2.49. The lowest BCUT2D eigenvalue weighted by molar-refractivity contribution is -0.115. The van der Waals surface area contributed by atoms with Gasteiger partial charge >= 0.3 is 0 Å². The minimum absolute atomic E-state index is 0.125. The van der Waals surface area contributed by atoms with Gasteiger partial charge in [0.15, 0.2) is 0 Å². The molecule has 1 heterocycles. The topological polar surface area (TPSA) is 76.8 Å². The Kier molecular flexibility index (Phi) is 4.68. The van der Waals surface area contributed by atoms with Gasteiger partial charge in [-0.15, -0.1) is 0 Å². The Hall–Kier alpha value is -2.89. The summed E-state index contributed by atoms with van der Waals surface area (Å²) in [5.41, 5.74) is 8.70. The molecule has 3 rings (SSSR count). The number of benzene rings is 2. The third-order valence-electron chi connectivity index (χ3n) is 4.25. The number of fused-ring (bicyclic) bond motifs is 1. The molecule has 0 fully saturated rings. The monoisotopic (exact) mass is 355 g/mol. The number of hydrogen-bond donors (Lipinski definition) is 2. The number of carbonyl (C=O) groups excluding carboxylic acids is 1. The van der Waals surface area contributed by atoms with E-state index in [4.69, 9.17) is 15.2 Å². The summed E-state index contributed by atoms with van der Waals surface area (Å²) < 4.78 is 11.3. The van der Waals surface area contributed by atoms with Gasteiger partial charge in [0.2, 0.25) is 5.91 Å². The average Bonchev–Trinajstić information content (AvgIpc) is 2.55. The molecule has 6 nitrogen and oxygen atoms in total. The first-order valence-electron chi connectivity index (χ1n) is 8.55. The summed E-state index contributed by atoms with van der Waals surface area (Å²) in [7, 11) is 1.59. The van der Waals surface area contributed by atoms with Crippen LogP contribution < -0.4 is 25.4 Å². The highest BCUT2D eigenvalue weighted by molar-refractivity contribution is 5.96. The Balaban J connectivity index is 1.81. The molecule has 1 aliphatic heterocycles. The highest BCUT2D eigenvalue weighted by Crippen LogP contribution is 2.38. The van der Waals surface area contributed by atoms with Crippen molar-refractivity contribution in [3.05, 3.63) is 42.0 Å². The number of anilines is 3. The van der Waals surface area contributed by atoms with Crippen LogP contribution in [0.15, 0.2) is 36.4 Å². The summed E-state index contributed by atoms with van der Waals surface area (Å²) in [6.45, 7) is 6.75. The Labute approximate surface area is 153 Å². The van der Waals surface area contributed by atoms with Crippen LogP contribution in [0.3, 0.4) is 0 Å². The number of nitrogen functional groups attached to an aromatic ring is 1.